The van der Waals surface area contributed by atoms with E-state index in [-0.39, 0.29) is 11.2 Å². The van der Waals surface area contributed by atoms with E-state index < -0.39 is 47.0 Å². The van der Waals surface area contributed by atoms with Crippen molar-refractivity contribution in [3.05, 3.63) is 33.6 Å². The Kier molecular flexibility index (Phi) is 4.68. The Bertz CT molecular complexity index is 672. The van der Waals surface area contributed by atoms with E-state index in [0.29, 0.717) is 0 Å². The second-order valence-corrected chi connectivity index (χ2v) is 5.91. The minimum Gasteiger partial charge on any atom is -0.374 e. The van der Waals surface area contributed by atoms with E-state index in [1.54, 1.807) is 0 Å². The smallest absolute Gasteiger partial charge is 0.374 e. The zero-order chi connectivity index (χ0) is 18.1. The van der Waals surface area contributed by atoms with Gasteiger partial charge in [-0.15, -0.1) is 0 Å². The van der Waals surface area contributed by atoms with Gasteiger partial charge in [0.25, 0.3) is 11.6 Å². The molecule has 0 bridgehead atoms. The number of hydrogen-bond acceptors (Lipinski definition) is 4. The van der Waals surface area contributed by atoms with E-state index in [0.717, 1.165) is 25.0 Å². The zero-order valence-electron chi connectivity index (χ0n) is 12.7. The number of nitro groups is 1. The van der Waals surface area contributed by atoms with Crippen LogP contribution in [0.5, 0.6) is 0 Å². The summed E-state index contributed by atoms with van der Waals surface area (Å²) in [5.41, 5.74) is -1.60. The molecule has 6 nitrogen and oxygen atoms in total. The number of nitro benzene ring substituents is 1. The van der Waals surface area contributed by atoms with Crippen LogP contribution >= 0.6 is 0 Å². The number of benzene rings is 1. The molecule has 1 aliphatic carbocycles. The van der Waals surface area contributed by atoms with Gasteiger partial charge in [0.05, 0.1) is 16.9 Å². The van der Waals surface area contributed by atoms with Crippen LogP contribution in [0.2, 0.25) is 0 Å². The molecule has 10 heteroatoms. The standard InChI is InChI=1S/C14H15F4N3O3/c1-13(2-3-13)20-10-7-9(15)8(6-11(10)21(23)24)12(22)19-5-4-14(16,17)18/h6-7,20H,2-5H2,1H3,(H,19,22). The molecule has 1 fully saturated rings. The summed E-state index contributed by atoms with van der Waals surface area (Å²) in [5, 5.41) is 15.9. The summed E-state index contributed by atoms with van der Waals surface area (Å²) in [6.07, 6.45) is -4.21. The highest BCUT2D eigenvalue weighted by Crippen LogP contribution is 2.41. The quantitative estimate of drug-likeness (QED) is 0.468. The minimum absolute atomic E-state index is 0.0654. The van der Waals surface area contributed by atoms with Crippen molar-refractivity contribution < 1.29 is 27.3 Å². The van der Waals surface area contributed by atoms with Crippen molar-refractivity contribution in [2.75, 3.05) is 11.9 Å². The normalized spacial score (nSPS) is 15.7. The lowest BCUT2D eigenvalue weighted by Crippen LogP contribution is -2.28. The average Bonchev–Trinajstić information content (AvgIpc) is 3.14. The second-order valence-electron chi connectivity index (χ2n) is 5.91. The van der Waals surface area contributed by atoms with Crippen LogP contribution in [0.25, 0.3) is 0 Å². The summed E-state index contributed by atoms with van der Waals surface area (Å²) in [7, 11) is 0. The topological polar surface area (TPSA) is 84.3 Å². The number of nitrogens with zero attached hydrogens (tertiary/aromatic N) is 1. The molecule has 2 rings (SSSR count). The molecular formula is C14H15F4N3O3. The number of carbonyl (C=O) groups excluding carboxylic acids is 1. The lowest BCUT2D eigenvalue weighted by atomic mass is 10.1. The molecule has 1 aromatic carbocycles. The van der Waals surface area contributed by atoms with Crippen LogP contribution in [0.3, 0.4) is 0 Å². The van der Waals surface area contributed by atoms with Crippen LogP contribution in [-0.2, 0) is 0 Å². The van der Waals surface area contributed by atoms with Crippen molar-refractivity contribution in [3.63, 3.8) is 0 Å². The molecule has 1 aromatic rings. The highest BCUT2D eigenvalue weighted by Gasteiger charge is 2.39. The van der Waals surface area contributed by atoms with Crippen LogP contribution < -0.4 is 10.6 Å². The van der Waals surface area contributed by atoms with E-state index >= 15 is 0 Å². The maximum Gasteiger partial charge on any atom is 0.390 e. The first-order chi connectivity index (χ1) is 11.0. The molecule has 0 radical (unpaired) electrons. The lowest BCUT2D eigenvalue weighted by molar-refractivity contribution is -0.384. The molecule has 0 aliphatic heterocycles. The SMILES string of the molecule is CC1(Nc2cc(F)c(C(=O)NCCC(F)(F)F)cc2[N+](=O)[O-])CC1. The first kappa shape index (κ1) is 18.0. The van der Waals surface area contributed by atoms with Crippen molar-refractivity contribution in [3.8, 4) is 0 Å². The summed E-state index contributed by atoms with van der Waals surface area (Å²) < 4.78 is 50.2. The van der Waals surface area contributed by atoms with Crippen LogP contribution in [0.15, 0.2) is 12.1 Å². The van der Waals surface area contributed by atoms with Crippen LogP contribution in [0, 0.1) is 15.9 Å². The molecule has 1 amide bonds. The van der Waals surface area contributed by atoms with Crippen molar-refractivity contribution in [1.29, 1.82) is 0 Å². The Morgan fingerprint density at radius 1 is 1.38 bits per heavy atom. The van der Waals surface area contributed by atoms with Gasteiger partial charge < -0.3 is 10.6 Å². The number of rotatable bonds is 6. The van der Waals surface area contributed by atoms with E-state index in [1.807, 2.05) is 12.2 Å². The number of nitrogens with one attached hydrogen (secondary N) is 2. The zero-order valence-corrected chi connectivity index (χ0v) is 12.7. The van der Waals surface area contributed by atoms with E-state index in [9.17, 15) is 32.5 Å². The Balaban J connectivity index is 2.19. The largest absolute Gasteiger partial charge is 0.390 e. The molecular weight excluding hydrogens is 334 g/mol. The van der Waals surface area contributed by atoms with Gasteiger partial charge in [-0.3, -0.25) is 14.9 Å². The molecule has 0 atom stereocenters. The second kappa shape index (κ2) is 6.25. The third-order valence-electron chi connectivity index (χ3n) is 3.66. The molecule has 24 heavy (non-hydrogen) atoms. The fraction of sp³-hybridized carbons (Fsp3) is 0.500. The Morgan fingerprint density at radius 2 is 2.00 bits per heavy atom. The molecule has 0 unspecified atom stereocenters. The van der Waals surface area contributed by atoms with E-state index in [1.165, 1.54) is 0 Å². The Morgan fingerprint density at radius 3 is 2.50 bits per heavy atom. The maximum absolute atomic E-state index is 14.1. The Hall–Kier alpha value is -2.39. The number of hydrogen-bond donors (Lipinski definition) is 2. The minimum atomic E-state index is -4.47. The van der Waals surface area contributed by atoms with Gasteiger partial charge in [-0.1, -0.05) is 0 Å². The van der Waals surface area contributed by atoms with Gasteiger partial charge in [0, 0.05) is 24.2 Å². The van der Waals surface area contributed by atoms with Gasteiger partial charge in [-0.25, -0.2) is 4.39 Å². The number of amides is 1. The average molecular weight is 349 g/mol. The summed E-state index contributed by atoms with van der Waals surface area (Å²) in [4.78, 5) is 22.1. The molecule has 1 saturated carbocycles. The maximum atomic E-state index is 14.1. The van der Waals surface area contributed by atoms with E-state index in [4.69, 9.17) is 0 Å². The highest BCUT2D eigenvalue weighted by molar-refractivity contribution is 5.96. The molecule has 0 spiro atoms. The van der Waals surface area contributed by atoms with Crippen molar-refractivity contribution in [1.82, 2.24) is 5.32 Å². The number of anilines is 1. The first-order valence-electron chi connectivity index (χ1n) is 7.12. The monoisotopic (exact) mass is 349 g/mol. The number of carbonyl (C=O) groups is 1. The summed E-state index contributed by atoms with van der Waals surface area (Å²) in [6, 6.07) is 1.55. The van der Waals surface area contributed by atoms with Crippen molar-refractivity contribution >= 4 is 17.3 Å². The summed E-state index contributed by atoms with van der Waals surface area (Å²) in [6.45, 7) is 1.07. The van der Waals surface area contributed by atoms with Gasteiger partial charge in [0.15, 0.2) is 0 Å². The van der Waals surface area contributed by atoms with Crippen molar-refractivity contribution in [2.45, 2.75) is 37.9 Å². The molecule has 0 heterocycles. The lowest BCUT2D eigenvalue weighted by Gasteiger charge is -2.14. The molecule has 1 aliphatic rings. The summed E-state index contributed by atoms with van der Waals surface area (Å²) >= 11 is 0. The van der Waals surface area contributed by atoms with Gasteiger partial charge >= 0.3 is 6.18 Å². The fourth-order valence-electron chi connectivity index (χ4n) is 2.04. The molecule has 2 N–H and O–H groups in total. The van der Waals surface area contributed by atoms with Gasteiger partial charge in [0.2, 0.25) is 0 Å². The molecule has 132 valence electrons. The summed E-state index contributed by atoms with van der Waals surface area (Å²) in [5.74, 6) is -2.18. The van der Waals surface area contributed by atoms with Crippen LogP contribution in [0.1, 0.15) is 36.5 Å². The molecule has 0 saturated heterocycles. The third-order valence-corrected chi connectivity index (χ3v) is 3.66. The highest BCUT2D eigenvalue weighted by atomic mass is 19.4. The first-order valence-corrected chi connectivity index (χ1v) is 7.12. The number of halogens is 4. The van der Waals surface area contributed by atoms with E-state index in [2.05, 4.69) is 5.32 Å². The van der Waals surface area contributed by atoms with Gasteiger partial charge in [0.1, 0.15) is 11.5 Å². The number of alkyl halides is 3. The fourth-order valence-corrected chi connectivity index (χ4v) is 2.04. The van der Waals surface area contributed by atoms with Gasteiger partial charge in [-0.2, -0.15) is 13.2 Å². The predicted molar refractivity (Wildman–Crippen MR) is 77.3 cm³/mol. The Labute approximate surface area is 134 Å². The third kappa shape index (κ3) is 4.56. The van der Waals surface area contributed by atoms with Crippen molar-refractivity contribution in [2.24, 2.45) is 0 Å². The van der Waals surface area contributed by atoms with Gasteiger partial charge in [-0.05, 0) is 19.8 Å². The van der Waals surface area contributed by atoms with Crippen LogP contribution in [-0.4, -0.2) is 29.1 Å². The predicted octanol–water partition coefficient (Wildman–Crippen LogP) is 3.38. The van der Waals surface area contributed by atoms with Crippen LogP contribution in [0.4, 0.5) is 28.9 Å². The molecule has 0 aromatic heterocycles.